The number of fused-ring (bicyclic) bond motifs is 13. The molecule has 0 aliphatic carbocycles. The van der Waals surface area contributed by atoms with Gasteiger partial charge in [-0.1, -0.05) is 114 Å². The number of para-hydroxylation sites is 6. The molecule has 8 aromatic carbocycles. The van der Waals surface area contributed by atoms with Gasteiger partial charge >= 0.3 is 0 Å². The molecule has 7 nitrogen and oxygen atoms in total. The minimum absolute atomic E-state index is 0. The van der Waals surface area contributed by atoms with E-state index in [-0.39, 0.29) is 21.1 Å². The Morgan fingerprint density at radius 2 is 1.11 bits per heavy atom. The Labute approximate surface area is 376 Å². The van der Waals surface area contributed by atoms with Crippen molar-refractivity contribution in [3.63, 3.8) is 0 Å². The average molecular weight is 990 g/mol. The normalized spacial score (nSPS) is 11.8. The van der Waals surface area contributed by atoms with Crippen molar-refractivity contribution in [1.82, 2.24) is 23.3 Å². The molecule has 0 fully saturated rings. The van der Waals surface area contributed by atoms with Crippen molar-refractivity contribution in [3.8, 4) is 34.4 Å². The summed E-state index contributed by atoms with van der Waals surface area (Å²) in [7, 11) is 2.19. The first-order valence-electron chi connectivity index (χ1n) is 20.7. The minimum Gasteiger partial charge on any atom is -0.510 e. The van der Waals surface area contributed by atoms with Crippen molar-refractivity contribution in [2.24, 2.45) is 7.05 Å². The van der Waals surface area contributed by atoms with Gasteiger partial charge in [0.15, 0.2) is 0 Å². The number of hydrogen-bond donors (Lipinski definition) is 0. The smallest absolute Gasteiger partial charge is 0.268 e. The predicted octanol–water partition coefficient (Wildman–Crippen LogP) is 12.3. The van der Waals surface area contributed by atoms with Crippen LogP contribution in [0.1, 0.15) is 0 Å². The summed E-state index contributed by atoms with van der Waals surface area (Å²) in [5.41, 5.74) is 11.5. The molecule has 0 aliphatic heterocycles. The van der Waals surface area contributed by atoms with Crippen LogP contribution in [0.5, 0.6) is 11.5 Å². The molecule has 63 heavy (non-hydrogen) atoms. The summed E-state index contributed by atoms with van der Waals surface area (Å²) < 4.78 is 17.9. The van der Waals surface area contributed by atoms with Crippen LogP contribution in [0.15, 0.2) is 188 Å². The van der Waals surface area contributed by atoms with Crippen molar-refractivity contribution in [2.45, 2.75) is 0 Å². The van der Waals surface area contributed by atoms with E-state index in [0.29, 0.717) is 11.5 Å². The maximum atomic E-state index is 6.74. The zero-order valence-corrected chi connectivity index (χ0v) is 36.1. The topological polar surface area (TPSA) is 45.7 Å². The molecule has 0 amide bonds. The molecular weight excluding hydrogens is 956 g/mol. The second-order valence-corrected chi connectivity index (χ2v) is 15.6. The summed E-state index contributed by atoms with van der Waals surface area (Å²) in [6.45, 7) is 0. The Kier molecular flexibility index (Phi) is 8.50. The fourth-order valence-electron chi connectivity index (χ4n) is 9.68. The summed E-state index contributed by atoms with van der Waals surface area (Å²) in [4.78, 5) is 5.00. The molecule has 13 aromatic rings. The standard InChI is InChI=1S/C55H34N6O.Pt/c1-57-44-25-10-8-23-41(44)50-53(57)51-42-24-9-11-26-45(42)60(37-19-6-3-7-20-37)54(51)52-43-31-30-40(34-48(43)61(55(50)52)49-29-14-15-32-56-49)62-39-22-16-21-38(33-39)59-35-58(36-17-4-2-5-18-36)46-27-12-13-28-47(46)59;/h2-32H,1H3;/q-2;. The van der Waals surface area contributed by atoms with Gasteiger partial charge in [-0.3, -0.25) is 4.57 Å². The van der Waals surface area contributed by atoms with E-state index in [4.69, 9.17) is 9.72 Å². The van der Waals surface area contributed by atoms with Crippen LogP contribution < -0.4 is 9.30 Å². The SMILES string of the molecule is Cn1c2ccccc2c2c1c1c3ccccc3n(-c3ccccc3)c1c1c3ccc(Oc4[c-]c(-[n+]5[c-]n(-c6ccccc6)c6ccccc65)ccc4)[c-]c3n(-c3ccccn3)c21.[Pt]. The Morgan fingerprint density at radius 3 is 1.87 bits per heavy atom. The largest absolute Gasteiger partial charge is 0.510 e. The van der Waals surface area contributed by atoms with Crippen molar-refractivity contribution in [3.05, 3.63) is 207 Å². The number of ether oxygens (including phenoxy) is 1. The molecule has 0 spiro atoms. The fraction of sp³-hybridized carbons (Fsp3) is 0.0182. The molecule has 8 heteroatoms. The van der Waals surface area contributed by atoms with Gasteiger partial charge in [0, 0.05) is 78.6 Å². The van der Waals surface area contributed by atoms with Gasteiger partial charge in [-0.05, 0) is 59.6 Å². The van der Waals surface area contributed by atoms with Crippen molar-refractivity contribution < 1.29 is 30.4 Å². The Hall–Kier alpha value is -7.73. The van der Waals surface area contributed by atoms with Crippen molar-refractivity contribution >= 4 is 76.5 Å². The number of benzene rings is 8. The maximum absolute atomic E-state index is 6.74. The summed E-state index contributed by atoms with van der Waals surface area (Å²) in [6.07, 6.45) is 5.43. The molecule has 0 unspecified atom stereocenters. The van der Waals surface area contributed by atoms with E-state index in [2.05, 4.69) is 165 Å². The van der Waals surface area contributed by atoms with E-state index in [1.54, 1.807) is 0 Å². The number of aromatic nitrogens is 6. The van der Waals surface area contributed by atoms with Crippen LogP contribution in [-0.2, 0) is 28.1 Å². The van der Waals surface area contributed by atoms with Gasteiger partial charge in [0.1, 0.15) is 5.82 Å². The molecule has 0 aliphatic rings. The third kappa shape index (κ3) is 5.49. The quantitative estimate of drug-likeness (QED) is 0.123. The van der Waals surface area contributed by atoms with Crippen molar-refractivity contribution in [2.75, 3.05) is 0 Å². The van der Waals surface area contributed by atoms with Crippen LogP contribution in [-0.4, -0.2) is 23.3 Å². The molecule has 5 heterocycles. The average Bonchev–Trinajstić information content (AvgIpc) is 4.07. The van der Waals surface area contributed by atoms with Crippen LogP contribution in [0.2, 0.25) is 0 Å². The number of aryl methyl sites for hydroxylation is 1. The Balaban J connectivity index is 0.00000421. The van der Waals surface area contributed by atoms with E-state index >= 15 is 0 Å². The zero-order valence-electron chi connectivity index (χ0n) is 33.8. The third-order valence-corrected chi connectivity index (χ3v) is 12.2. The first-order valence-corrected chi connectivity index (χ1v) is 20.7. The fourth-order valence-corrected chi connectivity index (χ4v) is 9.68. The molecule has 13 rings (SSSR count). The zero-order chi connectivity index (χ0) is 40.9. The van der Waals surface area contributed by atoms with E-state index in [9.17, 15) is 0 Å². The first kappa shape index (κ1) is 37.1. The monoisotopic (exact) mass is 989 g/mol. The molecule has 0 atom stereocenters. The summed E-state index contributed by atoms with van der Waals surface area (Å²) in [6, 6.07) is 70.4. The van der Waals surface area contributed by atoms with Gasteiger partial charge in [0.2, 0.25) is 0 Å². The summed E-state index contributed by atoms with van der Waals surface area (Å²) in [5, 5.41) is 6.93. The van der Waals surface area contributed by atoms with Crippen LogP contribution in [0, 0.1) is 18.5 Å². The summed E-state index contributed by atoms with van der Waals surface area (Å²) in [5.74, 6) is 1.94. The molecule has 5 aromatic heterocycles. The second-order valence-electron chi connectivity index (χ2n) is 15.6. The minimum atomic E-state index is 0. The number of nitrogens with zero attached hydrogens (tertiary/aromatic N) is 6. The summed E-state index contributed by atoms with van der Waals surface area (Å²) >= 11 is 0. The van der Waals surface area contributed by atoms with Gasteiger partial charge in [-0.2, -0.15) is 18.2 Å². The Morgan fingerprint density at radius 1 is 0.492 bits per heavy atom. The van der Waals surface area contributed by atoms with Crippen LogP contribution >= 0.6 is 0 Å². The van der Waals surface area contributed by atoms with Gasteiger partial charge in [-0.25, -0.2) is 4.98 Å². The molecule has 302 valence electrons. The molecule has 0 N–H and O–H groups in total. The predicted molar refractivity (Wildman–Crippen MR) is 248 cm³/mol. The van der Waals surface area contributed by atoms with Gasteiger partial charge in [0.05, 0.1) is 38.8 Å². The second kappa shape index (κ2) is 14.4. The van der Waals surface area contributed by atoms with E-state index in [0.717, 1.165) is 72.3 Å². The molecule has 0 radical (unpaired) electrons. The number of hydrogen-bond acceptors (Lipinski definition) is 2. The van der Waals surface area contributed by atoms with Crippen molar-refractivity contribution in [1.29, 1.82) is 0 Å². The van der Waals surface area contributed by atoms with E-state index in [1.165, 1.54) is 27.1 Å². The number of pyridine rings is 1. The first-order chi connectivity index (χ1) is 30.7. The molecule has 0 bridgehead atoms. The van der Waals surface area contributed by atoms with Gasteiger partial charge < -0.3 is 23.0 Å². The number of imidazole rings is 1. The molecule has 0 saturated heterocycles. The van der Waals surface area contributed by atoms with Crippen LogP contribution in [0.25, 0.3) is 99.3 Å². The maximum Gasteiger partial charge on any atom is 0.268 e. The van der Waals surface area contributed by atoms with E-state index in [1.807, 2.05) is 71.4 Å². The van der Waals surface area contributed by atoms with Crippen LogP contribution in [0.3, 0.4) is 0 Å². The van der Waals surface area contributed by atoms with Crippen LogP contribution in [0.4, 0.5) is 0 Å². The molecular formula is C55H34N6OPt-2. The number of rotatable bonds is 6. The van der Waals surface area contributed by atoms with Gasteiger partial charge in [-0.15, -0.1) is 24.3 Å². The van der Waals surface area contributed by atoms with Gasteiger partial charge in [0.25, 0.3) is 6.33 Å². The Bertz CT molecular complexity index is 3900. The van der Waals surface area contributed by atoms with E-state index < -0.39 is 0 Å². The molecule has 0 saturated carbocycles. The third-order valence-electron chi connectivity index (χ3n) is 12.2.